The Morgan fingerprint density at radius 1 is 1.56 bits per heavy atom. The van der Waals surface area contributed by atoms with Crippen molar-refractivity contribution in [3.8, 4) is 0 Å². The van der Waals surface area contributed by atoms with Crippen molar-refractivity contribution >= 4 is 0 Å². The minimum atomic E-state index is -0.489. The van der Waals surface area contributed by atoms with Gasteiger partial charge in [-0.2, -0.15) is 0 Å². The molecule has 4 nitrogen and oxygen atoms in total. The number of hydrogen-bond donors (Lipinski definition) is 4. The minimum Gasteiger partial charge on any atom is -0.395 e. The molecule has 0 aromatic heterocycles. The first kappa shape index (κ1) is 8.84. The van der Waals surface area contributed by atoms with Crippen LogP contribution in [0.25, 0.3) is 0 Å². The van der Waals surface area contributed by atoms with E-state index in [1.165, 1.54) is 0 Å². The molecule has 0 heterocycles. The number of rotatable bonds is 5. The van der Waals surface area contributed by atoms with Crippen molar-refractivity contribution < 1.29 is 10.2 Å². The predicted molar refractivity (Wildman–Crippen MR) is 35.0 cm³/mol. The van der Waals surface area contributed by atoms with Crippen LogP contribution in [0.15, 0.2) is 0 Å². The number of aliphatic hydroxyl groups excluding tert-OH is 2. The van der Waals surface area contributed by atoms with Crippen molar-refractivity contribution in [2.45, 2.75) is 6.10 Å². The molecule has 0 bridgehead atoms. The molecular weight excluding hydrogens is 120 g/mol. The zero-order valence-electron chi connectivity index (χ0n) is 5.38. The fourth-order valence-electron chi connectivity index (χ4n) is 0.431. The topological polar surface area (TPSA) is 78.5 Å². The SMILES string of the molecule is NC[C@H](O)CNCCO. The second-order valence-corrected chi connectivity index (χ2v) is 1.82. The van der Waals surface area contributed by atoms with Gasteiger partial charge in [0.2, 0.25) is 0 Å². The lowest BCUT2D eigenvalue weighted by Gasteiger charge is -2.06. The molecule has 0 spiro atoms. The van der Waals surface area contributed by atoms with Gasteiger partial charge >= 0.3 is 0 Å². The van der Waals surface area contributed by atoms with Crippen LogP contribution >= 0.6 is 0 Å². The summed E-state index contributed by atoms with van der Waals surface area (Å²) in [6.45, 7) is 1.32. The highest BCUT2D eigenvalue weighted by Gasteiger charge is 1.96. The van der Waals surface area contributed by atoms with E-state index in [0.717, 1.165) is 0 Å². The van der Waals surface area contributed by atoms with Crippen LogP contribution in [-0.4, -0.2) is 42.6 Å². The maximum Gasteiger partial charge on any atom is 0.0786 e. The van der Waals surface area contributed by atoms with E-state index in [4.69, 9.17) is 15.9 Å². The van der Waals surface area contributed by atoms with Gasteiger partial charge in [0.15, 0.2) is 0 Å². The van der Waals surface area contributed by atoms with Gasteiger partial charge in [0.25, 0.3) is 0 Å². The molecule has 0 rings (SSSR count). The van der Waals surface area contributed by atoms with Gasteiger partial charge in [-0.3, -0.25) is 0 Å². The molecular formula is C5H14N2O2. The summed E-state index contributed by atoms with van der Waals surface area (Å²) < 4.78 is 0. The molecule has 1 atom stereocenters. The summed E-state index contributed by atoms with van der Waals surface area (Å²) in [5, 5.41) is 19.9. The Balaban J connectivity index is 2.88. The maximum atomic E-state index is 8.82. The molecule has 0 saturated heterocycles. The lowest BCUT2D eigenvalue weighted by atomic mass is 10.3. The fourth-order valence-corrected chi connectivity index (χ4v) is 0.431. The molecule has 0 radical (unpaired) electrons. The Kier molecular flexibility index (Phi) is 5.86. The third-order valence-electron chi connectivity index (χ3n) is 0.941. The van der Waals surface area contributed by atoms with Crippen LogP contribution in [0.2, 0.25) is 0 Å². The standard InChI is InChI=1S/C5H14N2O2/c6-3-5(9)4-7-1-2-8/h5,7-9H,1-4,6H2/t5-/m0/s1. The fraction of sp³-hybridized carbons (Fsp3) is 1.00. The molecule has 4 heteroatoms. The number of hydrogen-bond acceptors (Lipinski definition) is 4. The van der Waals surface area contributed by atoms with Crippen LogP contribution in [0.5, 0.6) is 0 Å². The third kappa shape index (κ3) is 5.72. The molecule has 0 fully saturated rings. The molecule has 0 aromatic rings. The third-order valence-corrected chi connectivity index (χ3v) is 0.941. The maximum absolute atomic E-state index is 8.82. The molecule has 0 aliphatic rings. The highest BCUT2D eigenvalue weighted by molar-refractivity contribution is 4.58. The molecule has 0 aliphatic heterocycles. The highest BCUT2D eigenvalue weighted by atomic mass is 16.3. The summed E-state index contributed by atoms with van der Waals surface area (Å²) in [5.41, 5.74) is 5.10. The Hall–Kier alpha value is -0.160. The quantitative estimate of drug-likeness (QED) is 0.324. The van der Waals surface area contributed by atoms with Crippen molar-refractivity contribution in [3.05, 3.63) is 0 Å². The summed E-state index contributed by atoms with van der Waals surface area (Å²) in [6, 6.07) is 0. The van der Waals surface area contributed by atoms with Crippen LogP contribution in [-0.2, 0) is 0 Å². The van der Waals surface area contributed by atoms with Gasteiger partial charge < -0.3 is 21.3 Å². The van der Waals surface area contributed by atoms with Crippen molar-refractivity contribution in [1.82, 2.24) is 5.32 Å². The zero-order chi connectivity index (χ0) is 7.11. The zero-order valence-corrected chi connectivity index (χ0v) is 5.38. The number of nitrogens with one attached hydrogen (secondary N) is 1. The number of aliphatic hydroxyl groups is 2. The van der Waals surface area contributed by atoms with E-state index < -0.39 is 6.10 Å². The average Bonchev–Trinajstić information content (AvgIpc) is 1.89. The highest BCUT2D eigenvalue weighted by Crippen LogP contribution is 1.72. The normalized spacial score (nSPS) is 13.7. The monoisotopic (exact) mass is 134 g/mol. The van der Waals surface area contributed by atoms with E-state index in [0.29, 0.717) is 13.1 Å². The van der Waals surface area contributed by atoms with Gasteiger partial charge in [-0.05, 0) is 0 Å². The smallest absolute Gasteiger partial charge is 0.0786 e. The van der Waals surface area contributed by atoms with Crippen LogP contribution < -0.4 is 11.1 Å². The molecule has 0 aliphatic carbocycles. The second kappa shape index (κ2) is 5.97. The van der Waals surface area contributed by atoms with E-state index in [-0.39, 0.29) is 13.2 Å². The predicted octanol–water partition coefficient (Wildman–Crippen LogP) is -2.11. The van der Waals surface area contributed by atoms with Crippen molar-refractivity contribution in [2.24, 2.45) is 5.73 Å². The van der Waals surface area contributed by atoms with Gasteiger partial charge in [-0.1, -0.05) is 0 Å². The van der Waals surface area contributed by atoms with E-state index in [1.54, 1.807) is 0 Å². The first-order valence-corrected chi connectivity index (χ1v) is 3.01. The van der Waals surface area contributed by atoms with E-state index in [2.05, 4.69) is 5.32 Å². The van der Waals surface area contributed by atoms with Crippen LogP contribution in [0.3, 0.4) is 0 Å². The van der Waals surface area contributed by atoms with Crippen LogP contribution in [0, 0.1) is 0 Å². The minimum absolute atomic E-state index is 0.0945. The van der Waals surface area contributed by atoms with Crippen LogP contribution in [0.1, 0.15) is 0 Å². The molecule has 9 heavy (non-hydrogen) atoms. The molecule has 0 unspecified atom stereocenters. The van der Waals surface area contributed by atoms with Crippen LogP contribution in [0.4, 0.5) is 0 Å². The first-order chi connectivity index (χ1) is 4.31. The van der Waals surface area contributed by atoms with E-state index in [1.807, 2.05) is 0 Å². The largest absolute Gasteiger partial charge is 0.395 e. The first-order valence-electron chi connectivity index (χ1n) is 3.01. The molecule has 0 aromatic carbocycles. The molecule has 56 valence electrons. The van der Waals surface area contributed by atoms with Crippen molar-refractivity contribution in [1.29, 1.82) is 0 Å². The molecule has 0 amide bonds. The van der Waals surface area contributed by atoms with Gasteiger partial charge in [0.05, 0.1) is 12.7 Å². The second-order valence-electron chi connectivity index (χ2n) is 1.82. The molecule has 5 N–H and O–H groups in total. The van der Waals surface area contributed by atoms with Gasteiger partial charge in [-0.15, -0.1) is 0 Å². The lowest BCUT2D eigenvalue weighted by Crippen LogP contribution is -2.33. The van der Waals surface area contributed by atoms with Gasteiger partial charge in [0.1, 0.15) is 0 Å². The van der Waals surface area contributed by atoms with Gasteiger partial charge in [0, 0.05) is 19.6 Å². The molecule has 0 saturated carbocycles. The van der Waals surface area contributed by atoms with Gasteiger partial charge in [-0.25, -0.2) is 0 Å². The van der Waals surface area contributed by atoms with Crippen molar-refractivity contribution in [3.63, 3.8) is 0 Å². The Morgan fingerprint density at radius 2 is 2.22 bits per heavy atom. The Bertz CT molecular complexity index is 60.9. The van der Waals surface area contributed by atoms with E-state index >= 15 is 0 Å². The average molecular weight is 134 g/mol. The number of nitrogens with two attached hydrogens (primary N) is 1. The Labute approximate surface area is 54.7 Å². The summed E-state index contributed by atoms with van der Waals surface area (Å²) in [5.74, 6) is 0. The van der Waals surface area contributed by atoms with Crippen molar-refractivity contribution in [2.75, 3.05) is 26.2 Å². The summed E-state index contributed by atoms with van der Waals surface area (Å²) in [6.07, 6.45) is -0.489. The lowest BCUT2D eigenvalue weighted by molar-refractivity contribution is 0.175. The Morgan fingerprint density at radius 3 is 2.67 bits per heavy atom. The summed E-state index contributed by atoms with van der Waals surface area (Å²) >= 11 is 0. The summed E-state index contributed by atoms with van der Waals surface area (Å²) in [7, 11) is 0. The summed E-state index contributed by atoms with van der Waals surface area (Å²) in [4.78, 5) is 0. The van der Waals surface area contributed by atoms with E-state index in [9.17, 15) is 0 Å².